The van der Waals surface area contributed by atoms with Crippen LogP contribution in [0.3, 0.4) is 0 Å². The number of carbonyl (C=O) groups is 2. The van der Waals surface area contributed by atoms with Gasteiger partial charge in [0, 0.05) is 34.9 Å². The molecule has 1 aromatic heterocycles. The number of anilines is 1. The molecule has 1 heterocycles. The molecule has 1 aliphatic rings. The second kappa shape index (κ2) is 11.4. The number of nitrogens with zero attached hydrogens (tertiary/aromatic N) is 1. The monoisotopic (exact) mass is 552 g/mol. The average molecular weight is 553 g/mol. The van der Waals surface area contributed by atoms with Crippen LogP contribution in [0.15, 0.2) is 29.3 Å². The Hall–Kier alpha value is -2.70. The van der Waals surface area contributed by atoms with Crippen molar-refractivity contribution >= 4 is 39.2 Å². The number of sulfonamides is 1. The van der Waals surface area contributed by atoms with Gasteiger partial charge in [0.25, 0.3) is 0 Å². The molecule has 1 aromatic carbocycles. The number of benzene rings is 1. The van der Waals surface area contributed by atoms with Crippen LogP contribution in [0.2, 0.25) is 0 Å². The van der Waals surface area contributed by atoms with E-state index in [1.54, 1.807) is 52.9 Å². The number of ether oxygens (including phenoxy) is 2. The predicted octanol–water partition coefficient (Wildman–Crippen LogP) is 5.22. The Kier molecular flexibility index (Phi) is 8.86. The molecule has 3 rings (SSSR count). The number of amides is 2. The van der Waals surface area contributed by atoms with Gasteiger partial charge in [-0.05, 0) is 73.4 Å². The fourth-order valence-corrected chi connectivity index (χ4v) is 6.54. The summed E-state index contributed by atoms with van der Waals surface area (Å²) in [7, 11) is -3.94. The van der Waals surface area contributed by atoms with E-state index in [9.17, 15) is 18.0 Å². The molecule has 0 unspecified atom stereocenters. The summed E-state index contributed by atoms with van der Waals surface area (Å²) in [5.41, 5.74) is 0.0661. The quantitative estimate of drug-likeness (QED) is 0.408. The molecule has 0 saturated heterocycles. The molecular weight excluding hydrogens is 516 g/mol. The second-order valence-electron chi connectivity index (χ2n) is 10.7. The molecule has 2 aromatic rings. The molecule has 204 valence electrons. The molecule has 12 heteroatoms. The summed E-state index contributed by atoms with van der Waals surface area (Å²) >= 11 is 1.41. The molecule has 3 N–H and O–H groups in total. The molecular formula is C25H36N4O6S2. The van der Waals surface area contributed by atoms with Crippen molar-refractivity contribution in [2.45, 2.75) is 95.9 Å². The molecule has 0 aliphatic heterocycles. The van der Waals surface area contributed by atoms with E-state index >= 15 is 0 Å². The maximum absolute atomic E-state index is 13.4. The number of rotatable bonds is 8. The zero-order chi connectivity index (χ0) is 27.5. The predicted molar refractivity (Wildman–Crippen MR) is 143 cm³/mol. The Balaban J connectivity index is 1.83. The average Bonchev–Trinajstić information content (AvgIpc) is 3.16. The molecule has 0 spiro atoms. The zero-order valence-corrected chi connectivity index (χ0v) is 23.9. The molecule has 0 atom stereocenters. The van der Waals surface area contributed by atoms with Gasteiger partial charge >= 0.3 is 12.2 Å². The summed E-state index contributed by atoms with van der Waals surface area (Å²) in [5.74, 6) is 0.134. The minimum Gasteiger partial charge on any atom is -0.447 e. The standard InChI is InChI=1S/C25H36N4O6S2/c1-14(2)27-23(30)35-18-10-16(11-18)22-26-13-20(36-22)19-9-8-17(28-24(31)34-15(3)4)12-21(19)37(32,33)29-25(5,6)7/h8-9,12-16,18,29H,10-11H2,1-7H3,(H,27,30)(H,28,31). The van der Waals surface area contributed by atoms with Crippen LogP contribution in [0.25, 0.3) is 10.4 Å². The van der Waals surface area contributed by atoms with Crippen molar-refractivity contribution in [3.05, 3.63) is 29.4 Å². The van der Waals surface area contributed by atoms with Gasteiger partial charge in [0.2, 0.25) is 10.0 Å². The van der Waals surface area contributed by atoms with Gasteiger partial charge in [-0.15, -0.1) is 11.3 Å². The highest BCUT2D eigenvalue weighted by atomic mass is 32.2. The minimum atomic E-state index is -3.94. The number of carbonyl (C=O) groups excluding carboxylic acids is 2. The fraction of sp³-hybridized carbons (Fsp3) is 0.560. The Labute approximate surface area is 222 Å². The third kappa shape index (κ3) is 8.14. The van der Waals surface area contributed by atoms with E-state index in [1.807, 2.05) is 13.8 Å². The highest BCUT2D eigenvalue weighted by molar-refractivity contribution is 7.89. The van der Waals surface area contributed by atoms with Crippen molar-refractivity contribution in [3.8, 4) is 10.4 Å². The summed E-state index contributed by atoms with van der Waals surface area (Å²) in [4.78, 5) is 29.2. The Morgan fingerprint density at radius 2 is 1.78 bits per heavy atom. The lowest BCUT2D eigenvalue weighted by atomic mass is 9.83. The summed E-state index contributed by atoms with van der Waals surface area (Å²) in [5, 5.41) is 6.16. The van der Waals surface area contributed by atoms with E-state index in [0.717, 1.165) is 5.01 Å². The molecule has 10 nitrogen and oxygen atoms in total. The lowest BCUT2D eigenvalue weighted by Gasteiger charge is -2.33. The summed E-state index contributed by atoms with van der Waals surface area (Å²) in [6.07, 6.45) is 1.40. The minimum absolute atomic E-state index is 0.00517. The molecule has 1 saturated carbocycles. The smallest absolute Gasteiger partial charge is 0.411 e. The number of alkyl carbamates (subject to hydrolysis) is 1. The third-order valence-corrected chi connectivity index (χ3v) is 8.21. The highest BCUT2D eigenvalue weighted by Gasteiger charge is 2.36. The SMILES string of the molecule is CC(C)NC(=O)OC1CC(c2ncc(-c3ccc(NC(=O)OC(C)C)cc3S(=O)(=O)NC(C)(C)C)s2)C1. The van der Waals surface area contributed by atoms with Gasteiger partial charge in [0.15, 0.2) is 0 Å². The maximum atomic E-state index is 13.4. The maximum Gasteiger partial charge on any atom is 0.411 e. The van der Waals surface area contributed by atoms with Crippen LogP contribution in [0, 0.1) is 0 Å². The molecule has 0 bridgehead atoms. The zero-order valence-electron chi connectivity index (χ0n) is 22.2. The number of thiazole rings is 1. The first kappa shape index (κ1) is 28.9. The van der Waals surface area contributed by atoms with Crippen LogP contribution in [-0.4, -0.2) is 49.4 Å². The van der Waals surface area contributed by atoms with E-state index in [4.69, 9.17) is 9.47 Å². The highest BCUT2D eigenvalue weighted by Crippen LogP contribution is 2.43. The molecule has 1 fully saturated rings. The van der Waals surface area contributed by atoms with Crippen molar-refractivity contribution in [2.24, 2.45) is 0 Å². The van der Waals surface area contributed by atoms with E-state index in [0.29, 0.717) is 29.0 Å². The Bertz CT molecular complexity index is 1230. The first-order valence-electron chi connectivity index (χ1n) is 12.2. The molecule has 0 radical (unpaired) electrons. The van der Waals surface area contributed by atoms with Crippen LogP contribution in [-0.2, 0) is 19.5 Å². The van der Waals surface area contributed by atoms with Gasteiger partial charge in [-0.25, -0.2) is 27.7 Å². The van der Waals surface area contributed by atoms with E-state index in [2.05, 4.69) is 20.3 Å². The largest absolute Gasteiger partial charge is 0.447 e. The van der Waals surface area contributed by atoms with E-state index in [1.165, 1.54) is 17.4 Å². The van der Waals surface area contributed by atoms with Gasteiger partial charge in [-0.2, -0.15) is 0 Å². The number of aromatic nitrogens is 1. The van der Waals surface area contributed by atoms with Gasteiger partial charge < -0.3 is 14.8 Å². The van der Waals surface area contributed by atoms with Crippen molar-refractivity contribution < 1.29 is 27.5 Å². The number of nitrogens with one attached hydrogen (secondary N) is 3. The van der Waals surface area contributed by atoms with Crippen LogP contribution < -0.4 is 15.4 Å². The van der Waals surface area contributed by atoms with Gasteiger partial charge in [-0.1, -0.05) is 6.07 Å². The van der Waals surface area contributed by atoms with Gasteiger partial charge in [0.05, 0.1) is 20.9 Å². The first-order valence-corrected chi connectivity index (χ1v) is 14.5. The second-order valence-corrected chi connectivity index (χ2v) is 13.4. The topological polar surface area (TPSA) is 136 Å². The summed E-state index contributed by atoms with van der Waals surface area (Å²) < 4.78 is 39.9. The Morgan fingerprint density at radius 1 is 1.11 bits per heavy atom. The number of hydrogen-bond acceptors (Lipinski definition) is 8. The van der Waals surface area contributed by atoms with Gasteiger partial charge in [0.1, 0.15) is 6.10 Å². The fourth-order valence-electron chi connectivity index (χ4n) is 3.73. The molecule has 37 heavy (non-hydrogen) atoms. The first-order chi connectivity index (χ1) is 17.1. The molecule has 2 amide bonds. The summed E-state index contributed by atoms with van der Waals surface area (Å²) in [6, 6.07) is 4.71. The van der Waals surface area contributed by atoms with Crippen molar-refractivity contribution in [1.82, 2.24) is 15.0 Å². The Morgan fingerprint density at radius 3 is 2.38 bits per heavy atom. The van der Waals surface area contributed by atoms with Crippen molar-refractivity contribution in [3.63, 3.8) is 0 Å². The normalized spacial score (nSPS) is 17.9. The lowest BCUT2D eigenvalue weighted by Crippen LogP contribution is -2.40. The van der Waals surface area contributed by atoms with Crippen molar-refractivity contribution in [1.29, 1.82) is 0 Å². The van der Waals surface area contributed by atoms with Gasteiger partial charge in [-0.3, -0.25) is 5.32 Å². The third-order valence-electron chi connectivity index (χ3n) is 5.21. The van der Waals surface area contributed by atoms with E-state index in [-0.39, 0.29) is 29.1 Å². The van der Waals surface area contributed by atoms with Crippen molar-refractivity contribution in [2.75, 3.05) is 5.32 Å². The van der Waals surface area contributed by atoms with E-state index < -0.39 is 27.7 Å². The van der Waals surface area contributed by atoms with Crippen LogP contribution in [0.4, 0.5) is 15.3 Å². The lowest BCUT2D eigenvalue weighted by molar-refractivity contribution is 0.0383. The van der Waals surface area contributed by atoms with Crippen LogP contribution in [0.5, 0.6) is 0 Å². The van der Waals surface area contributed by atoms with Crippen LogP contribution in [0.1, 0.15) is 72.2 Å². The summed E-state index contributed by atoms with van der Waals surface area (Å²) in [6.45, 7) is 12.5. The van der Waals surface area contributed by atoms with Crippen LogP contribution >= 0.6 is 11.3 Å². The molecule has 1 aliphatic carbocycles. The number of hydrogen-bond donors (Lipinski definition) is 3.